The highest BCUT2D eigenvalue weighted by molar-refractivity contribution is 5.89. The van der Waals surface area contributed by atoms with Crippen LogP contribution in [0.3, 0.4) is 0 Å². The summed E-state index contributed by atoms with van der Waals surface area (Å²) < 4.78 is 4.83. The fourth-order valence-electron chi connectivity index (χ4n) is 2.35. The quantitative estimate of drug-likeness (QED) is 0.176. The molecule has 2 N–H and O–H groups in total. The van der Waals surface area contributed by atoms with Gasteiger partial charge in [-0.1, -0.05) is 57.3 Å². The minimum atomic E-state index is -0.985. The molecule has 0 bridgehead atoms. The smallest absolute Gasteiger partial charge is 0.305 e. The average Bonchev–Trinajstić information content (AvgIpc) is 2.64. The van der Waals surface area contributed by atoms with Gasteiger partial charge in [-0.2, -0.15) is 0 Å². The van der Waals surface area contributed by atoms with Crippen molar-refractivity contribution in [2.45, 2.75) is 83.7 Å². The van der Waals surface area contributed by atoms with Crippen LogP contribution in [0.2, 0.25) is 0 Å². The standard InChI is InChI=1S/C21H36O5/c1-2-3-11-14-19(23)15-12-9-7-5-4-6-8-10-13-16-21(25)26-18-20(24)17-22/h7,9,12,15,20,22,24H,2-6,8,10-11,13-14,16-18H2,1H3/b9-7-,15-12+/t20-/m1/s1. The Bertz CT molecular complexity index is 415. The lowest BCUT2D eigenvalue weighted by Gasteiger charge is -2.08. The number of allylic oxidation sites excluding steroid dienone is 4. The first kappa shape index (κ1) is 24.5. The van der Waals surface area contributed by atoms with E-state index in [0.29, 0.717) is 12.8 Å². The summed E-state index contributed by atoms with van der Waals surface area (Å²) in [7, 11) is 0. The summed E-state index contributed by atoms with van der Waals surface area (Å²) >= 11 is 0. The number of ketones is 1. The second-order valence-corrected chi connectivity index (χ2v) is 6.54. The Balaban J connectivity index is 3.45. The molecular formula is C21H36O5. The summed E-state index contributed by atoms with van der Waals surface area (Å²) in [6.07, 6.45) is 16.8. The third-order valence-electron chi connectivity index (χ3n) is 3.96. The van der Waals surface area contributed by atoms with Crippen LogP contribution in [0.4, 0.5) is 0 Å². The number of unbranched alkanes of at least 4 members (excludes halogenated alkanes) is 7. The minimum Gasteiger partial charge on any atom is -0.463 e. The van der Waals surface area contributed by atoms with E-state index in [1.54, 1.807) is 6.08 Å². The van der Waals surface area contributed by atoms with Crippen LogP contribution in [0.25, 0.3) is 0 Å². The van der Waals surface area contributed by atoms with E-state index in [9.17, 15) is 9.59 Å². The van der Waals surface area contributed by atoms with Crippen LogP contribution in [-0.4, -0.2) is 41.3 Å². The van der Waals surface area contributed by atoms with E-state index in [-0.39, 0.29) is 18.4 Å². The predicted molar refractivity (Wildman–Crippen MR) is 104 cm³/mol. The zero-order chi connectivity index (χ0) is 19.5. The molecule has 0 aromatic heterocycles. The topological polar surface area (TPSA) is 83.8 Å². The number of aliphatic hydroxyl groups is 2. The van der Waals surface area contributed by atoms with E-state index in [2.05, 4.69) is 13.0 Å². The second kappa shape index (κ2) is 18.3. The maximum absolute atomic E-state index is 11.5. The van der Waals surface area contributed by atoms with Crippen LogP contribution in [0.1, 0.15) is 77.6 Å². The van der Waals surface area contributed by atoms with Crippen LogP contribution >= 0.6 is 0 Å². The van der Waals surface area contributed by atoms with Crippen molar-refractivity contribution in [3.05, 3.63) is 24.3 Å². The zero-order valence-corrected chi connectivity index (χ0v) is 16.2. The molecule has 0 fully saturated rings. The van der Waals surface area contributed by atoms with Gasteiger partial charge in [0.05, 0.1) is 6.61 Å². The van der Waals surface area contributed by atoms with Crippen molar-refractivity contribution >= 4 is 11.8 Å². The number of carbonyl (C=O) groups excluding carboxylic acids is 2. The Labute approximate surface area is 158 Å². The number of carbonyl (C=O) groups is 2. The van der Waals surface area contributed by atoms with Crippen molar-refractivity contribution in [1.82, 2.24) is 0 Å². The van der Waals surface area contributed by atoms with Gasteiger partial charge in [0.25, 0.3) is 0 Å². The van der Waals surface area contributed by atoms with Crippen LogP contribution in [0.5, 0.6) is 0 Å². The Hall–Kier alpha value is -1.46. The molecule has 0 radical (unpaired) electrons. The van der Waals surface area contributed by atoms with Gasteiger partial charge in [-0.15, -0.1) is 0 Å². The molecule has 0 heterocycles. The summed E-state index contributed by atoms with van der Waals surface area (Å²) in [5.74, 6) is -0.121. The molecule has 0 aromatic carbocycles. The fraction of sp³-hybridized carbons (Fsp3) is 0.714. The van der Waals surface area contributed by atoms with Gasteiger partial charge in [-0.05, 0) is 31.8 Å². The molecule has 1 atom stereocenters. The van der Waals surface area contributed by atoms with Crippen molar-refractivity contribution in [3.8, 4) is 0 Å². The highest BCUT2D eigenvalue weighted by Crippen LogP contribution is 2.08. The van der Waals surface area contributed by atoms with Gasteiger partial charge in [0.15, 0.2) is 5.78 Å². The predicted octanol–water partition coefficient (Wildman–Crippen LogP) is 3.88. The molecule has 0 aliphatic carbocycles. The third kappa shape index (κ3) is 17.4. The molecule has 5 nitrogen and oxygen atoms in total. The number of esters is 1. The first-order valence-corrected chi connectivity index (χ1v) is 9.90. The average molecular weight is 369 g/mol. The van der Waals surface area contributed by atoms with Crippen molar-refractivity contribution < 1.29 is 24.5 Å². The van der Waals surface area contributed by atoms with Crippen molar-refractivity contribution in [2.75, 3.05) is 13.2 Å². The highest BCUT2D eigenvalue weighted by atomic mass is 16.5. The van der Waals surface area contributed by atoms with Gasteiger partial charge in [-0.25, -0.2) is 0 Å². The number of rotatable bonds is 17. The normalized spacial score (nSPS) is 12.7. The Kier molecular flexibility index (Phi) is 17.3. The largest absolute Gasteiger partial charge is 0.463 e. The van der Waals surface area contributed by atoms with E-state index in [1.165, 1.54) is 0 Å². The Morgan fingerprint density at radius 2 is 1.65 bits per heavy atom. The molecule has 26 heavy (non-hydrogen) atoms. The zero-order valence-electron chi connectivity index (χ0n) is 16.2. The molecule has 0 unspecified atom stereocenters. The molecule has 0 amide bonds. The fourth-order valence-corrected chi connectivity index (χ4v) is 2.35. The lowest BCUT2D eigenvalue weighted by molar-refractivity contribution is -0.147. The SMILES string of the molecule is CCCCCC(=O)/C=C/C=C\CCCCCCCC(=O)OC[C@H](O)CO. The van der Waals surface area contributed by atoms with Crippen LogP contribution in [0, 0.1) is 0 Å². The summed E-state index contributed by atoms with van der Waals surface area (Å²) in [6, 6.07) is 0. The first-order valence-electron chi connectivity index (χ1n) is 9.90. The van der Waals surface area contributed by atoms with E-state index in [4.69, 9.17) is 14.9 Å². The van der Waals surface area contributed by atoms with Crippen LogP contribution in [0.15, 0.2) is 24.3 Å². The third-order valence-corrected chi connectivity index (χ3v) is 3.96. The lowest BCUT2D eigenvalue weighted by Crippen LogP contribution is -2.21. The van der Waals surface area contributed by atoms with E-state index < -0.39 is 12.7 Å². The lowest BCUT2D eigenvalue weighted by atomic mass is 10.1. The van der Waals surface area contributed by atoms with Gasteiger partial charge >= 0.3 is 5.97 Å². The molecule has 5 heteroatoms. The van der Waals surface area contributed by atoms with Crippen molar-refractivity contribution in [1.29, 1.82) is 0 Å². The van der Waals surface area contributed by atoms with E-state index >= 15 is 0 Å². The van der Waals surface area contributed by atoms with Crippen LogP contribution in [-0.2, 0) is 14.3 Å². The van der Waals surface area contributed by atoms with Gasteiger partial charge in [0, 0.05) is 12.8 Å². The molecule has 0 spiro atoms. The molecular weight excluding hydrogens is 332 g/mol. The first-order chi connectivity index (χ1) is 12.6. The number of hydrogen-bond acceptors (Lipinski definition) is 5. The van der Waals surface area contributed by atoms with Crippen molar-refractivity contribution in [2.24, 2.45) is 0 Å². The number of ether oxygens (including phenoxy) is 1. The van der Waals surface area contributed by atoms with E-state index in [1.807, 2.05) is 12.2 Å². The molecule has 0 aromatic rings. The molecule has 0 rings (SSSR count). The van der Waals surface area contributed by atoms with Gasteiger partial charge in [-0.3, -0.25) is 9.59 Å². The second-order valence-electron chi connectivity index (χ2n) is 6.54. The van der Waals surface area contributed by atoms with E-state index in [0.717, 1.165) is 57.8 Å². The van der Waals surface area contributed by atoms with Gasteiger partial charge in [0.2, 0.25) is 0 Å². The number of hydrogen-bond donors (Lipinski definition) is 2. The molecule has 0 aliphatic rings. The monoisotopic (exact) mass is 368 g/mol. The molecule has 0 aliphatic heterocycles. The maximum atomic E-state index is 11.5. The Morgan fingerprint density at radius 1 is 0.962 bits per heavy atom. The number of aliphatic hydroxyl groups excluding tert-OH is 2. The van der Waals surface area contributed by atoms with Gasteiger partial charge < -0.3 is 14.9 Å². The summed E-state index contributed by atoms with van der Waals surface area (Å²) in [5.41, 5.74) is 0. The van der Waals surface area contributed by atoms with Gasteiger partial charge in [0.1, 0.15) is 12.7 Å². The summed E-state index contributed by atoms with van der Waals surface area (Å²) in [4.78, 5) is 22.9. The Morgan fingerprint density at radius 3 is 2.38 bits per heavy atom. The molecule has 150 valence electrons. The summed E-state index contributed by atoms with van der Waals surface area (Å²) in [6.45, 7) is 1.59. The molecule has 0 saturated heterocycles. The van der Waals surface area contributed by atoms with Crippen LogP contribution < -0.4 is 0 Å². The maximum Gasteiger partial charge on any atom is 0.305 e. The summed E-state index contributed by atoms with van der Waals surface area (Å²) in [5, 5.41) is 17.7. The minimum absolute atomic E-state index is 0.138. The highest BCUT2D eigenvalue weighted by Gasteiger charge is 2.07. The van der Waals surface area contributed by atoms with Crippen molar-refractivity contribution in [3.63, 3.8) is 0 Å². The molecule has 0 saturated carbocycles.